The molecule has 0 saturated carbocycles. The van der Waals surface area contributed by atoms with Crippen LogP contribution in [0.5, 0.6) is 17.2 Å². The number of thiophene rings is 1. The first-order chi connectivity index (χ1) is 18.2. The molecule has 0 spiro atoms. The highest BCUT2D eigenvalue weighted by Crippen LogP contribution is 2.54. The first-order valence-electron chi connectivity index (χ1n) is 12.5. The third-order valence-corrected chi connectivity index (χ3v) is 7.40. The SMILES string of the molecule is CCOC(=O)COCc1ccsc1/C=C1\Oc2ccc(O)c(OC)c2-c2ccc3c(c21)C(C)=CC(C)(C)N3. The van der Waals surface area contributed by atoms with E-state index in [2.05, 4.69) is 38.2 Å². The van der Waals surface area contributed by atoms with Crippen LogP contribution in [0.4, 0.5) is 5.69 Å². The molecule has 0 unspecified atom stereocenters. The Hall–Kier alpha value is -3.75. The zero-order valence-electron chi connectivity index (χ0n) is 22.1. The molecule has 0 atom stereocenters. The van der Waals surface area contributed by atoms with Gasteiger partial charge in [-0.25, -0.2) is 4.79 Å². The first-order valence-corrected chi connectivity index (χ1v) is 13.4. The normalized spacial score (nSPS) is 15.9. The number of benzene rings is 2. The minimum atomic E-state index is -0.384. The summed E-state index contributed by atoms with van der Waals surface area (Å²) in [6.45, 7) is 8.64. The van der Waals surface area contributed by atoms with Gasteiger partial charge in [0.1, 0.15) is 18.1 Å². The highest BCUT2D eigenvalue weighted by Gasteiger charge is 2.33. The predicted molar refractivity (Wildman–Crippen MR) is 151 cm³/mol. The molecule has 0 saturated heterocycles. The van der Waals surface area contributed by atoms with Crippen molar-refractivity contribution < 1.29 is 28.8 Å². The van der Waals surface area contributed by atoms with E-state index in [1.807, 2.05) is 23.6 Å². The molecule has 2 aliphatic heterocycles. The third kappa shape index (κ3) is 4.77. The lowest BCUT2D eigenvalue weighted by molar-refractivity contribution is -0.148. The van der Waals surface area contributed by atoms with Crippen LogP contribution in [-0.4, -0.2) is 36.9 Å². The molecule has 0 fully saturated rings. The summed E-state index contributed by atoms with van der Waals surface area (Å²) in [5, 5.41) is 16.2. The van der Waals surface area contributed by atoms with Crippen LogP contribution in [-0.2, 0) is 20.9 Å². The van der Waals surface area contributed by atoms with Gasteiger partial charge in [-0.3, -0.25) is 0 Å². The molecule has 1 aromatic heterocycles. The van der Waals surface area contributed by atoms with Gasteiger partial charge in [0.25, 0.3) is 0 Å². The number of phenols is 1. The molecular weight excluding hydrogens is 502 g/mol. The van der Waals surface area contributed by atoms with Gasteiger partial charge >= 0.3 is 5.97 Å². The van der Waals surface area contributed by atoms with Gasteiger partial charge in [0.05, 0.1) is 31.4 Å². The number of carbonyl (C=O) groups is 1. The first kappa shape index (κ1) is 25.9. The van der Waals surface area contributed by atoms with Crippen LogP contribution in [0.2, 0.25) is 0 Å². The molecule has 2 aromatic carbocycles. The molecule has 8 heteroatoms. The largest absolute Gasteiger partial charge is 0.504 e. The predicted octanol–water partition coefficient (Wildman–Crippen LogP) is 6.71. The number of esters is 1. The standard InChI is InChI=1S/C30H31NO6S/c1-6-36-25(33)16-35-15-18-11-12-38-24(18)13-23-27-19(28-22(37-23)10-9-21(32)29(28)34-5)7-8-20-26(27)17(2)14-30(3,4)31-20/h7-14,31-32H,6,15-16H2,1-5H3/b23-13-. The molecular formula is C30H31NO6S. The number of phenolic OH excluding ortho intramolecular Hbond substituents is 1. The molecule has 0 amide bonds. The van der Waals surface area contributed by atoms with Gasteiger partial charge in [0, 0.05) is 27.3 Å². The summed E-state index contributed by atoms with van der Waals surface area (Å²) in [6, 6.07) is 9.43. The van der Waals surface area contributed by atoms with Crippen LogP contribution in [0.3, 0.4) is 0 Å². The van der Waals surface area contributed by atoms with Gasteiger partial charge in [-0.15, -0.1) is 11.3 Å². The number of ether oxygens (including phenoxy) is 4. The number of nitrogens with one attached hydrogen (secondary N) is 1. The molecule has 38 heavy (non-hydrogen) atoms. The van der Waals surface area contributed by atoms with Crippen LogP contribution in [0.25, 0.3) is 28.5 Å². The summed E-state index contributed by atoms with van der Waals surface area (Å²) in [7, 11) is 1.54. The Morgan fingerprint density at radius 3 is 2.74 bits per heavy atom. The van der Waals surface area contributed by atoms with Crippen molar-refractivity contribution in [2.24, 2.45) is 0 Å². The Morgan fingerprint density at radius 1 is 1.16 bits per heavy atom. The van der Waals surface area contributed by atoms with Crippen molar-refractivity contribution in [1.82, 2.24) is 0 Å². The van der Waals surface area contributed by atoms with Crippen molar-refractivity contribution in [2.75, 3.05) is 25.6 Å². The Bertz CT molecular complexity index is 1470. The average molecular weight is 534 g/mol. The summed E-state index contributed by atoms with van der Waals surface area (Å²) >= 11 is 1.57. The lowest BCUT2D eigenvalue weighted by atomic mass is 9.83. The molecule has 5 rings (SSSR count). The van der Waals surface area contributed by atoms with Crippen LogP contribution in [0, 0.1) is 0 Å². The number of hydrogen-bond donors (Lipinski definition) is 2. The minimum Gasteiger partial charge on any atom is -0.504 e. The van der Waals surface area contributed by atoms with Crippen molar-refractivity contribution in [3.05, 3.63) is 63.4 Å². The van der Waals surface area contributed by atoms with Crippen molar-refractivity contribution in [1.29, 1.82) is 0 Å². The van der Waals surface area contributed by atoms with Crippen molar-refractivity contribution in [3.8, 4) is 28.4 Å². The second-order valence-corrected chi connectivity index (χ2v) is 10.7. The number of anilines is 1. The third-order valence-electron chi connectivity index (χ3n) is 6.50. The Morgan fingerprint density at radius 2 is 1.97 bits per heavy atom. The van der Waals surface area contributed by atoms with Crippen LogP contribution < -0.4 is 14.8 Å². The number of methoxy groups -OCH3 is 1. The van der Waals surface area contributed by atoms with Gasteiger partial charge in [-0.05, 0) is 74.6 Å². The van der Waals surface area contributed by atoms with Crippen LogP contribution in [0.1, 0.15) is 49.3 Å². The van der Waals surface area contributed by atoms with Gasteiger partial charge in [0.2, 0.25) is 0 Å². The molecule has 198 valence electrons. The summed E-state index contributed by atoms with van der Waals surface area (Å²) in [6.07, 6.45) is 4.23. The average Bonchev–Trinajstić information content (AvgIpc) is 3.30. The number of allylic oxidation sites excluding steroid dienone is 1. The minimum absolute atomic E-state index is 0.0526. The van der Waals surface area contributed by atoms with E-state index in [-0.39, 0.29) is 30.5 Å². The Kier molecular flexibility index (Phi) is 6.94. The fraction of sp³-hybridized carbons (Fsp3) is 0.300. The van der Waals surface area contributed by atoms with E-state index in [0.29, 0.717) is 29.4 Å². The van der Waals surface area contributed by atoms with E-state index in [4.69, 9.17) is 18.9 Å². The van der Waals surface area contributed by atoms with E-state index in [1.54, 1.807) is 37.5 Å². The van der Waals surface area contributed by atoms with Gasteiger partial charge in [-0.1, -0.05) is 12.1 Å². The molecule has 2 N–H and O–H groups in total. The summed E-state index contributed by atoms with van der Waals surface area (Å²) in [4.78, 5) is 12.7. The number of carbonyl (C=O) groups excluding carboxylic acids is 1. The molecule has 3 aromatic rings. The molecule has 0 aliphatic carbocycles. The van der Waals surface area contributed by atoms with Crippen molar-refractivity contribution in [3.63, 3.8) is 0 Å². The van der Waals surface area contributed by atoms with Gasteiger partial charge in [0.15, 0.2) is 11.5 Å². The van der Waals surface area contributed by atoms with Gasteiger partial charge < -0.3 is 29.4 Å². The Labute approximate surface area is 226 Å². The van der Waals surface area contributed by atoms with Crippen LogP contribution >= 0.6 is 11.3 Å². The number of rotatable bonds is 7. The number of aromatic hydroxyl groups is 1. The van der Waals surface area contributed by atoms with E-state index in [1.165, 1.54) is 0 Å². The summed E-state index contributed by atoms with van der Waals surface area (Å²) < 4.78 is 22.7. The topological polar surface area (TPSA) is 86.3 Å². The molecule has 3 heterocycles. The lowest BCUT2D eigenvalue weighted by Gasteiger charge is -2.35. The van der Waals surface area contributed by atoms with E-state index >= 15 is 0 Å². The molecule has 7 nitrogen and oxygen atoms in total. The highest BCUT2D eigenvalue weighted by atomic mass is 32.1. The highest BCUT2D eigenvalue weighted by molar-refractivity contribution is 7.11. The monoisotopic (exact) mass is 533 g/mol. The maximum Gasteiger partial charge on any atom is 0.332 e. The Balaban J connectivity index is 1.63. The zero-order chi connectivity index (χ0) is 27.0. The number of hydrogen-bond acceptors (Lipinski definition) is 8. The van der Waals surface area contributed by atoms with Crippen LogP contribution in [0.15, 0.2) is 41.8 Å². The lowest BCUT2D eigenvalue weighted by Crippen LogP contribution is -2.32. The van der Waals surface area contributed by atoms with Crippen molar-refractivity contribution >= 4 is 40.4 Å². The van der Waals surface area contributed by atoms with E-state index in [0.717, 1.165) is 38.4 Å². The molecule has 0 radical (unpaired) electrons. The van der Waals surface area contributed by atoms with Gasteiger partial charge in [-0.2, -0.15) is 0 Å². The van der Waals surface area contributed by atoms with E-state index in [9.17, 15) is 9.90 Å². The smallest absolute Gasteiger partial charge is 0.332 e. The maximum atomic E-state index is 11.7. The summed E-state index contributed by atoms with van der Waals surface area (Å²) in [5.74, 6) is 1.32. The van der Waals surface area contributed by atoms with Crippen molar-refractivity contribution in [2.45, 2.75) is 39.8 Å². The second-order valence-electron chi connectivity index (χ2n) is 9.79. The quantitative estimate of drug-likeness (QED) is 0.327. The fourth-order valence-electron chi connectivity index (χ4n) is 5.11. The van der Waals surface area contributed by atoms with E-state index < -0.39 is 0 Å². The molecule has 2 aliphatic rings. The second kappa shape index (κ2) is 10.2. The maximum absolute atomic E-state index is 11.7. The summed E-state index contributed by atoms with van der Waals surface area (Å²) in [5.41, 5.74) is 6.47. The number of fused-ring (bicyclic) bond motifs is 5. The fourth-order valence-corrected chi connectivity index (χ4v) is 5.94. The molecule has 0 bridgehead atoms. The zero-order valence-corrected chi connectivity index (χ0v) is 23.0.